The van der Waals surface area contributed by atoms with Gasteiger partial charge in [-0.3, -0.25) is 4.79 Å². The van der Waals surface area contributed by atoms with Gasteiger partial charge in [0.05, 0.1) is 6.04 Å². The molecule has 4 rings (SSSR count). The lowest BCUT2D eigenvalue weighted by Crippen LogP contribution is -2.51. The molecule has 1 saturated heterocycles. The van der Waals surface area contributed by atoms with E-state index in [9.17, 15) is 14.4 Å². The Kier molecular flexibility index (Phi) is 8.91. The number of fused-ring (bicyclic) bond motifs is 1. The molecule has 40 heavy (non-hydrogen) atoms. The van der Waals surface area contributed by atoms with E-state index < -0.39 is 11.7 Å². The molecule has 2 aliphatic rings. The summed E-state index contributed by atoms with van der Waals surface area (Å²) in [4.78, 5) is 41.9. The fourth-order valence-electron chi connectivity index (χ4n) is 5.54. The zero-order valence-corrected chi connectivity index (χ0v) is 24.4. The molecule has 0 saturated carbocycles. The highest BCUT2D eigenvalue weighted by atomic mass is 16.6. The predicted molar refractivity (Wildman–Crippen MR) is 155 cm³/mol. The molecule has 3 atom stereocenters. The second-order valence-corrected chi connectivity index (χ2v) is 11.8. The van der Waals surface area contributed by atoms with Crippen LogP contribution < -0.4 is 20.4 Å². The fraction of sp³-hybridized carbons (Fsp3) is 0.516. The molecule has 216 valence electrons. The Labute approximate surface area is 237 Å². The Morgan fingerprint density at radius 2 is 1.62 bits per heavy atom. The number of benzene rings is 2. The molecule has 0 aliphatic carbocycles. The minimum absolute atomic E-state index is 0.0347. The lowest BCUT2D eigenvalue weighted by atomic mass is 9.82. The van der Waals surface area contributed by atoms with Gasteiger partial charge >= 0.3 is 12.2 Å². The molecule has 0 bridgehead atoms. The Hall–Kier alpha value is -3.75. The summed E-state index contributed by atoms with van der Waals surface area (Å²) in [5, 5.41) is 6.07. The second-order valence-electron chi connectivity index (χ2n) is 11.8. The summed E-state index contributed by atoms with van der Waals surface area (Å²) in [6.45, 7) is 12.9. The van der Waals surface area contributed by atoms with Gasteiger partial charge in [0.25, 0.3) is 0 Å². The molecule has 3 amide bonds. The third-order valence-corrected chi connectivity index (χ3v) is 7.71. The zero-order chi connectivity index (χ0) is 29.0. The molecule has 1 fully saturated rings. The van der Waals surface area contributed by atoms with Crippen molar-refractivity contribution in [3.63, 3.8) is 0 Å². The molecule has 2 N–H and O–H groups in total. The minimum atomic E-state index is -0.533. The SMILES string of the molecule is CC(=O)N1c2ccc(N3CCC(NC(=O)OC(C)(C)C)CC3)cc2[C@H](NC(=O)OCc2ccccc2)[C@@H](C)[C@@H]1C. The van der Waals surface area contributed by atoms with Gasteiger partial charge in [-0.1, -0.05) is 37.3 Å². The first-order chi connectivity index (χ1) is 18.9. The highest BCUT2D eigenvalue weighted by molar-refractivity contribution is 5.94. The van der Waals surface area contributed by atoms with Crippen molar-refractivity contribution in [2.45, 2.75) is 84.7 Å². The van der Waals surface area contributed by atoms with Gasteiger partial charge in [0.1, 0.15) is 12.2 Å². The Morgan fingerprint density at radius 3 is 2.25 bits per heavy atom. The molecule has 0 spiro atoms. The van der Waals surface area contributed by atoms with Crippen LogP contribution in [0.25, 0.3) is 0 Å². The van der Waals surface area contributed by atoms with Crippen molar-refractivity contribution in [3.05, 3.63) is 59.7 Å². The van der Waals surface area contributed by atoms with Crippen LogP contribution in [0.5, 0.6) is 0 Å². The van der Waals surface area contributed by atoms with Crippen molar-refractivity contribution >= 4 is 29.5 Å². The van der Waals surface area contributed by atoms with E-state index in [1.54, 1.807) is 6.92 Å². The first-order valence-corrected chi connectivity index (χ1v) is 14.1. The number of nitrogens with zero attached hydrogens (tertiary/aromatic N) is 2. The van der Waals surface area contributed by atoms with Gasteiger partial charge in [0, 0.05) is 55.0 Å². The molecular formula is C31H42N4O5. The smallest absolute Gasteiger partial charge is 0.407 e. The maximum atomic E-state index is 12.9. The van der Waals surface area contributed by atoms with E-state index >= 15 is 0 Å². The number of nitrogens with one attached hydrogen (secondary N) is 2. The Bertz CT molecular complexity index is 1200. The molecule has 0 aromatic heterocycles. The number of anilines is 2. The van der Waals surface area contributed by atoms with E-state index in [0.29, 0.717) is 0 Å². The molecule has 2 aromatic carbocycles. The highest BCUT2D eigenvalue weighted by Gasteiger charge is 2.39. The van der Waals surface area contributed by atoms with E-state index in [0.717, 1.165) is 48.4 Å². The number of carbonyl (C=O) groups excluding carboxylic acids is 3. The largest absolute Gasteiger partial charge is 0.445 e. The highest BCUT2D eigenvalue weighted by Crippen LogP contribution is 2.42. The topological polar surface area (TPSA) is 100 Å². The number of rotatable bonds is 5. The van der Waals surface area contributed by atoms with Crippen molar-refractivity contribution in [3.8, 4) is 0 Å². The van der Waals surface area contributed by atoms with Gasteiger partial charge in [-0.2, -0.15) is 0 Å². The first-order valence-electron chi connectivity index (χ1n) is 14.1. The quantitative estimate of drug-likeness (QED) is 0.507. The third-order valence-electron chi connectivity index (χ3n) is 7.71. The number of carbonyl (C=O) groups is 3. The van der Waals surface area contributed by atoms with Crippen molar-refractivity contribution in [2.24, 2.45) is 5.92 Å². The van der Waals surface area contributed by atoms with Crippen LogP contribution in [0.2, 0.25) is 0 Å². The summed E-state index contributed by atoms with van der Waals surface area (Å²) in [7, 11) is 0. The van der Waals surface area contributed by atoms with E-state index in [1.165, 1.54) is 0 Å². The van der Waals surface area contributed by atoms with Gasteiger partial charge in [0.2, 0.25) is 5.91 Å². The first kappa shape index (κ1) is 29.2. The summed E-state index contributed by atoms with van der Waals surface area (Å²) in [5.41, 5.74) is 3.09. The third kappa shape index (κ3) is 7.06. The number of ether oxygens (including phenoxy) is 2. The summed E-state index contributed by atoms with van der Waals surface area (Å²) in [6.07, 6.45) is 0.697. The van der Waals surface area contributed by atoms with Crippen molar-refractivity contribution in [1.82, 2.24) is 10.6 Å². The average Bonchev–Trinajstić information content (AvgIpc) is 2.89. The molecule has 2 heterocycles. The zero-order valence-electron chi connectivity index (χ0n) is 24.4. The fourth-order valence-corrected chi connectivity index (χ4v) is 5.54. The predicted octanol–water partition coefficient (Wildman–Crippen LogP) is 5.54. The van der Waals surface area contributed by atoms with Crippen molar-refractivity contribution in [1.29, 1.82) is 0 Å². The number of piperidine rings is 1. The number of amides is 3. The lowest BCUT2D eigenvalue weighted by molar-refractivity contribution is -0.117. The molecule has 2 aromatic rings. The molecule has 0 unspecified atom stereocenters. The summed E-state index contributed by atoms with van der Waals surface area (Å²) >= 11 is 0. The maximum Gasteiger partial charge on any atom is 0.407 e. The lowest BCUT2D eigenvalue weighted by Gasteiger charge is -2.44. The summed E-state index contributed by atoms with van der Waals surface area (Å²) in [6, 6.07) is 15.3. The van der Waals surface area contributed by atoms with Gasteiger partial charge in [0.15, 0.2) is 0 Å². The maximum absolute atomic E-state index is 12.9. The monoisotopic (exact) mass is 550 g/mol. The van der Waals surface area contributed by atoms with Crippen molar-refractivity contribution in [2.75, 3.05) is 22.9 Å². The van der Waals surface area contributed by atoms with Crippen molar-refractivity contribution < 1.29 is 23.9 Å². The average molecular weight is 551 g/mol. The van der Waals surface area contributed by atoms with E-state index in [2.05, 4.69) is 21.6 Å². The van der Waals surface area contributed by atoms with Gasteiger partial charge in [-0.05, 0) is 64.3 Å². The standard InChI is InChI=1S/C31H42N4O5/c1-20-21(2)35(22(3)36)27-13-12-25(34-16-14-24(15-17-34)32-30(38)40-31(4,5)6)18-26(27)28(20)33-29(37)39-19-23-10-8-7-9-11-23/h7-13,18,20-21,24,28H,14-17,19H2,1-6H3,(H,32,38)(H,33,37)/t20-,21-,28+/m0/s1. The van der Waals surface area contributed by atoms with E-state index in [4.69, 9.17) is 9.47 Å². The Balaban J connectivity index is 1.49. The van der Waals surface area contributed by atoms with Gasteiger partial charge < -0.3 is 29.9 Å². The van der Waals surface area contributed by atoms with Gasteiger partial charge in [-0.15, -0.1) is 0 Å². The summed E-state index contributed by atoms with van der Waals surface area (Å²) in [5.74, 6) is -0.0767. The normalized spacial score (nSPS) is 21.3. The summed E-state index contributed by atoms with van der Waals surface area (Å²) < 4.78 is 10.9. The van der Waals surface area contributed by atoms with Crippen LogP contribution in [-0.4, -0.2) is 48.9 Å². The van der Waals surface area contributed by atoms with E-state index in [1.807, 2.05) is 82.0 Å². The van der Waals surface area contributed by atoms with Crippen LogP contribution in [-0.2, 0) is 20.9 Å². The number of hydrogen-bond acceptors (Lipinski definition) is 6. The molecular weight excluding hydrogens is 508 g/mol. The van der Waals surface area contributed by atoms with E-state index in [-0.39, 0.29) is 42.7 Å². The molecule has 0 radical (unpaired) electrons. The Morgan fingerprint density at radius 1 is 0.950 bits per heavy atom. The molecule has 9 nitrogen and oxygen atoms in total. The van der Waals surface area contributed by atoms with Crippen LogP contribution in [0, 0.1) is 5.92 Å². The molecule has 2 aliphatic heterocycles. The number of hydrogen-bond donors (Lipinski definition) is 2. The van der Waals surface area contributed by atoms with Crippen LogP contribution in [0.1, 0.15) is 71.6 Å². The molecule has 9 heteroatoms. The second kappa shape index (κ2) is 12.2. The van der Waals surface area contributed by atoms with Gasteiger partial charge in [-0.25, -0.2) is 9.59 Å². The van der Waals surface area contributed by atoms with Crippen LogP contribution in [0.3, 0.4) is 0 Å². The van der Waals surface area contributed by atoms with Crippen LogP contribution in [0.15, 0.2) is 48.5 Å². The van der Waals surface area contributed by atoms with Crippen LogP contribution >= 0.6 is 0 Å². The number of alkyl carbamates (subject to hydrolysis) is 2. The minimum Gasteiger partial charge on any atom is -0.445 e. The van der Waals surface area contributed by atoms with Crippen LogP contribution in [0.4, 0.5) is 21.0 Å².